The van der Waals surface area contributed by atoms with Gasteiger partial charge in [0.25, 0.3) is 0 Å². The Morgan fingerprint density at radius 2 is 1.82 bits per heavy atom. The van der Waals surface area contributed by atoms with Crippen molar-refractivity contribution >= 4 is 5.97 Å². The molecule has 0 aromatic carbocycles. The number of carboxylic acids is 1. The van der Waals surface area contributed by atoms with Crippen molar-refractivity contribution < 1.29 is 9.90 Å². The van der Waals surface area contributed by atoms with Crippen LogP contribution in [-0.4, -0.2) is 22.7 Å². The van der Waals surface area contributed by atoms with E-state index in [1.807, 2.05) is 13.8 Å². The third-order valence-electron chi connectivity index (χ3n) is 4.48. The Morgan fingerprint density at radius 3 is 2.24 bits per heavy atom. The predicted molar refractivity (Wildman–Crippen MR) is 70.1 cm³/mol. The van der Waals surface area contributed by atoms with E-state index in [0.717, 1.165) is 0 Å². The normalized spacial score (nSPS) is 20.2. The molecule has 0 aromatic rings. The van der Waals surface area contributed by atoms with Gasteiger partial charge in [0.05, 0.1) is 0 Å². The Kier molecular flexibility index (Phi) is 5.44. The quantitative estimate of drug-likeness (QED) is 0.751. The lowest BCUT2D eigenvalue weighted by Crippen LogP contribution is -2.56. The molecule has 100 valence electrons. The maximum Gasteiger partial charge on any atom is 0.323 e. The molecule has 3 nitrogen and oxygen atoms in total. The second-order valence-corrected chi connectivity index (χ2v) is 5.43. The molecule has 1 aliphatic rings. The SMILES string of the molecule is CCC(CC)(NC(C)C1CCCCC1)C(=O)O. The fraction of sp³-hybridized carbons (Fsp3) is 0.929. The Balaban J connectivity index is 2.62. The van der Waals surface area contributed by atoms with E-state index in [2.05, 4.69) is 12.2 Å². The van der Waals surface area contributed by atoms with E-state index in [-0.39, 0.29) is 0 Å². The van der Waals surface area contributed by atoms with Crippen LogP contribution in [0.2, 0.25) is 0 Å². The standard InChI is InChI=1S/C14H27NO2/c1-4-14(5-2,13(16)17)15-11(3)12-9-7-6-8-10-12/h11-12,15H,4-10H2,1-3H3,(H,16,17). The van der Waals surface area contributed by atoms with Crippen LogP contribution in [0.4, 0.5) is 0 Å². The molecule has 1 fully saturated rings. The van der Waals surface area contributed by atoms with Gasteiger partial charge in [0.15, 0.2) is 0 Å². The van der Waals surface area contributed by atoms with E-state index in [0.29, 0.717) is 24.8 Å². The van der Waals surface area contributed by atoms with E-state index >= 15 is 0 Å². The van der Waals surface area contributed by atoms with Crippen LogP contribution < -0.4 is 5.32 Å². The molecule has 0 spiro atoms. The molecule has 0 bridgehead atoms. The predicted octanol–water partition coefficient (Wildman–Crippen LogP) is 3.19. The van der Waals surface area contributed by atoms with Crippen LogP contribution in [0.1, 0.15) is 65.7 Å². The Morgan fingerprint density at radius 1 is 1.29 bits per heavy atom. The van der Waals surface area contributed by atoms with E-state index < -0.39 is 11.5 Å². The van der Waals surface area contributed by atoms with Crippen molar-refractivity contribution in [2.45, 2.75) is 77.3 Å². The van der Waals surface area contributed by atoms with Crippen LogP contribution >= 0.6 is 0 Å². The molecule has 3 heteroatoms. The van der Waals surface area contributed by atoms with Crippen LogP contribution in [0.3, 0.4) is 0 Å². The lowest BCUT2D eigenvalue weighted by molar-refractivity contribution is -0.145. The van der Waals surface area contributed by atoms with Gasteiger partial charge in [0.1, 0.15) is 5.54 Å². The highest BCUT2D eigenvalue weighted by molar-refractivity contribution is 5.78. The zero-order chi connectivity index (χ0) is 12.9. The Hall–Kier alpha value is -0.570. The number of rotatable bonds is 6. The molecular weight excluding hydrogens is 214 g/mol. The largest absolute Gasteiger partial charge is 0.480 e. The van der Waals surface area contributed by atoms with Crippen LogP contribution in [0.5, 0.6) is 0 Å². The van der Waals surface area contributed by atoms with Gasteiger partial charge in [-0.05, 0) is 38.5 Å². The number of hydrogen-bond donors (Lipinski definition) is 2. The second-order valence-electron chi connectivity index (χ2n) is 5.43. The van der Waals surface area contributed by atoms with Gasteiger partial charge in [0, 0.05) is 6.04 Å². The lowest BCUT2D eigenvalue weighted by Gasteiger charge is -2.36. The summed E-state index contributed by atoms with van der Waals surface area (Å²) in [6.45, 7) is 6.06. The number of nitrogens with one attached hydrogen (secondary N) is 1. The zero-order valence-electron chi connectivity index (χ0n) is 11.5. The molecule has 0 aromatic heterocycles. The summed E-state index contributed by atoms with van der Waals surface area (Å²) in [5.41, 5.74) is -0.725. The molecule has 0 radical (unpaired) electrons. The molecule has 1 atom stereocenters. The van der Waals surface area contributed by atoms with E-state index in [4.69, 9.17) is 0 Å². The highest BCUT2D eigenvalue weighted by Gasteiger charge is 2.37. The van der Waals surface area contributed by atoms with Crippen LogP contribution in [0.25, 0.3) is 0 Å². The average molecular weight is 241 g/mol. The summed E-state index contributed by atoms with van der Waals surface area (Å²) in [6, 6.07) is 0.311. The zero-order valence-corrected chi connectivity index (χ0v) is 11.5. The smallest absolute Gasteiger partial charge is 0.323 e. The van der Waals surface area contributed by atoms with Crippen LogP contribution in [-0.2, 0) is 4.79 Å². The molecule has 2 N–H and O–H groups in total. The number of aliphatic carboxylic acids is 1. The molecule has 1 rings (SSSR count). The first-order chi connectivity index (χ1) is 8.05. The van der Waals surface area contributed by atoms with Crippen LogP contribution in [0.15, 0.2) is 0 Å². The van der Waals surface area contributed by atoms with Crippen molar-refractivity contribution in [1.82, 2.24) is 5.32 Å². The molecular formula is C14H27NO2. The van der Waals surface area contributed by atoms with Gasteiger partial charge in [-0.2, -0.15) is 0 Å². The third kappa shape index (κ3) is 3.44. The molecule has 0 amide bonds. The van der Waals surface area contributed by atoms with Crippen molar-refractivity contribution in [2.75, 3.05) is 0 Å². The van der Waals surface area contributed by atoms with Gasteiger partial charge in [-0.25, -0.2) is 0 Å². The fourth-order valence-corrected chi connectivity index (χ4v) is 3.01. The molecule has 1 unspecified atom stereocenters. The average Bonchev–Trinajstić information content (AvgIpc) is 2.36. The van der Waals surface area contributed by atoms with Gasteiger partial charge in [0.2, 0.25) is 0 Å². The first-order valence-electron chi connectivity index (χ1n) is 7.06. The van der Waals surface area contributed by atoms with Gasteiger partial charge >= 0.3 is 5.97 Å². The first-order valence-corrected chi connectivity index (χ1v) is 7.06. The molecule has 0 saturated heterocycles. The number of hydrogen-bond acceptors (Lipinski definition) is 2. The summed E-state index contributed by atoms with van der Waals surface area (Å²) in [7, 11) is 0. The maximum absolute atomic E-state index is 11.4. The minimum absolute atomic E-state index is 0.311. The monoisotopic (exact) mass is 241 g/mol. The van der Waals surface area contributed by atoms with E-state index in [1.54, 1.807) is 0 Å². The molecule has 1 saturated carbocycles. The van der Waals surface area contributed by atoms with Gasteiger partial charge in [-0.3, -0.25) is 10.1 Å². The maximum atomic E-state index is 11.4. The minimum Gasteiger partial charge on any atom is -0.480 e. The number of carbonyl (C=O) groups is 1. The van der Waals surface area contributed by atoms with Crippen molar-refractivity contribution in [3.63, 3.8) is 0 Å². The van der Waals surface area contributed by atoms with Crippen molar-refractivity contribution in [2.24, 2.45) is 5.92 Å². The van der Waals surface area contributed by atoms with Gasteiger partial charge in [-0.15, -0.1) is 0 Å². The molecule has 0 heterocycles. The topological polar surface area (TPSA) is 49.3 Å². The summed E-state index contributed by atoms with van der Waals surface area (Å²) >= 11 is 0. The van der Waals surface area contributed by atoms with Gasteiger partial charge in [-0.1, -0.05) is 33.1 Å². The lowest BCUT2D eigenvalue weighted by atomic mass is 9.82. The Labute approximate surface area is 105 Å². The first kappa shape index (κ1) is 14.5. The highest BCUT2D eigenvalue weighted by atomic mass is 16.4. The van der Waals surface area contributed by atoms with E-state index in [9.17, 15) is 9.90 Å². The molecule has 17 heavy (non-hydrogen) atoms. The van der Waals surface area contributed by atoms with Crippen molar-refractivity contribution in [1.29, 1.82) is 0 Å². The van der Waals surface area contributed by atoms with Crippen molar-refractivity contribution in [3.05, 3.63) is 0 Å². The summed E-state index contributed by atoms with van der Waals surface area (Å²) in [6.07, 6.45) is 7.74. The molecule has 0 aliphatic heterocycles. The highest BCUT2D eigenvalue weighted by Crippen LogP contribution is 2.28. The molecule has 1 aliphatic carbocycles. The summed E-state index contributed by atoms with van der Waals surface area (Å²) in [5.74, 6) is -0.0502. The summed E-state index contributed by atoms with van der Waals surface area (Å²) in [5, 5.41) is 12.8. The third-order valence-corrected chi connectivity index (χ3v) is 4.48. The summed E-state index contributed by atoms with van der Waals surface area (Å²) in [4.78, 5) is 11.4. The summed E-state index contributed by atoms with van der Waals surface area (Å²) < 4.78 is 0. The Bertz CT molecular complexity index is 243. The second kappa shape index (κ2) is 6.39. The van der Waals surface area contributed by atoms with Gasteiger partial charge < -0.3 is 5.11 Å². The number of carboxylic acid groups (broad SMARTS) is 1. The van der Waals surface area contributed by atoms with E-state index in [1.165, 1.54) is 32.1 Å². The van der Waals surface area contributed by atoms with Crippen molar-refractivity contribution in [3.8, 4) is 0 Å². The minimum atomic E-state index is -0.725. The fourth-order valence-electron chi connectivity index (χ4n) is 3.01. The van der Waals surface area contributed by atoms with Crippen LogP contribution in [0, 0.1) is 5.92 Å².